The molecule has 0 bridgehead atoms. The number of hydrogen-bond acceptors (Lipinski definition) is 6. The second-order valence-electron chi connectivity index (χ2n) is 4.03. The topological polar surface area (TPSA) is 102 Å². The Morgan fingerprint density at radius 3 is 1.95 bits per heavy atom. The van der Waals surface area contributed by atoms with Crippen LogP contribution >= 0.6 is 0 Å². The minimum absolute atomic E-state index is 0.128. The summed E-state index contributed by atoms with van der Waals surface area (Å²) >= 11 is 0. The number of anilines is 1. The molecule has 1 aromatic carbocycles. The van der Waals surface area contributed by atoms with E-state index in [9.17, 15) is 14.4 Å². The van der Waals surface area contributed by atoms with E-state index >= 15 is 0 Å². The van der Waals surface area contributed by atoms with Gasteiger partial charge in [-0.1, -0.05) is 0 Å². The van der Waals surface area contributed by atoms with E-state index in [4.69, 9.17) is 14.6 Å². The van der Waals surface area contributed by atoms with E-state index in [1.807, 2.05) is 0 Å². The Bertz CT molecular complexity index is 556. The monoisotopic (exact) mass is 307 g/mol. The van der Waals surface area contributed by atoms with Crippen LogP contribution in [0.15, 0.2) is 36.0 Å². The molecule has 118 valence electrons. The number of benzene rings is 1. The minimum atomic E-state index is -1.04. The Morgan fingerprint density at radius 2 is 1.55 bits per heavy atom. The van der Waals surface area contributed by atoms with Crippen LogP contribution in [0, 0.1) is 0 Å². The first kappa shape index (κ1) is 17.2. The van der Waals surface area contributed by atoms with Crippen molar-refractivity contribution in [2.24, 2.45) is 0 Å². The summed E-state index contributed by atoms with van der Waals surface area (Å²) < 4.78 is 9.57. The molecule has 0 spiro atoms. The van der Waals surface area contributed by atoms with Gasteiger partial charge in [-0.15, -0.1) is 0 Å². The highest BCUT2D eigenvalue weighted by Gasteiger charge is 2.20. The van der Waals surface area contributed by atoms with Gasteiger partial charge in [-0.05, 0) is 38.1 Å². The molecule has 0 aliphatic carbocycles. The van der Waals surface area contributed by atoms with E-state index in [1.54, 1.807) is 13.8 Å². The van der Waals surface area contributed by atoms with Gasteiger partial charge in [0.2, 0.25) is 0 Å². The lowest BCUT2D eigenvalue weighted by Crippen LogP contribution is -2.19. The molecule has 0 unspecified atom stereocenters. The molecule has 0 amide bonds. The molecule has 1 aromatic rings. The van der Waals surface area contributed by atoms with Crippen LogP contribution in [0.3, 0.4) is 0 Å². The molecule has 0 heterocycles. The fourth-order valence-corrected chi connectivity index (χ4v) is 1.48. The van der Waals surface area contributed by atoms with Gasteiger partial charge in [0.05, 0.1) is 18.8 Å². The van der Waals surface area contributed by atoms with Crippen LogP contribution in [0.1, 0.15) is 24.2 Å². The number of esters is 2. The maximum Gasteiger partial charge on any atom is 0.347 e. The molecular weight excluding hydrogens is 290 g/mol. The van der Waals surface area contributed by atoms with Crippen LogP contribution in [0.2, 0.25) is 0 Å². The zero-order valence-electron chi connectivity index (χ0n) is 12.3. The van der Waals surface area contributed by atoms with E-state index in [0.29, 0.717) is 5.69 Å². The molecule has 0 radical (unpaired) electrons. The molecule has 0 atom stereocenters. The molecule has 0 saturated carbocycles. The first-order chi connectivity index (χ1) is 10.5. The van der Waals surface area contributed by atoms with Gasteiger partial charge in [0, 0.05) is 11.9 Å². The fraction of sp³-hybridized carbons (Fsp3) is 0.267. The molecule has 0 aromatic heterocycles. The molecule has 2 N–H and O–H groups in total. The minimum Gasteiger partial charge on any atom is -0.478 e. The van der Waals surface area contributed by atoms with Crippen LogP contribution in [-0.4, -0.2) is 36.2 Å². The summed E-state index contributed by atoms with van der Waals surface area (Å²) in [4.78, 5) is 34.2. The second kappa shape index (κ2) is 8.46. The maximum absolute atomic E-state index is 11.7. The predicted molar refractivity (Wildman–Crippen MR) is 78.4 cm³/mol. The van der Waals surface area contributed by atoms with Crippen molar-refractivity contribution in [3.05, 3.63) is 41.6 Å². The molecule has 1 rings (SSSR count). The van der Waals surface area contributed by atoms with Crippen molar-refractivity contribution in [1.29, 1.82) is 0 Å². The van der Waals surface area contributed by atoms with Gasteiger partial charge in [-0.25, -0.2) is 14.4 Å². The summed E-state index contributed by atoms with van der Waals surface area (Å²) in [6.45, 7) is 3.50. The number of carbonyl (C=O) groups excluding carboxylic acids is 2. The highest BCUT2D eigenvalue weighted by molar-refractivity contribution is 6.14. The highest BCUT2D eigenvalue weighted by atomic mass is 16.6. The van der Waals surface area contributed by atoms with E-state index in [1.165, 1.54) is 30.5 Å². The van der Waals surface area contributed by atoms with Crippen LogP contribution in [0.4, 0.5) is 5.69 Å². The summed E-state index contributed by atoms with van der Waals surface area (Å²) in [5.41, 5.74) is 0.368. The average Bonchev–Trinajstić information content (AvgIpc) is 2.48. The van der Waals surface area contributed by atoms with Gasteiger partial charge in [0.1, 0.15) is 0 Å². The van der Waals surface area contributed by atoms with Crippen molar-refractivity contribution in [3.8, 4) is 0 Å². The maximum atomic E-state index is 11.7. The number of ether oxygens (including phenoxy) is 2. The predicted octanol–water partition coefficient (Wildman–Crippen LogP) is 1.81. The molecule has 0 fully saturated rings. The van der Waals surface area contributed by atoms with E-state index in [-0.39, 0.29) is 24.4 Å². The summed E-state index contributed by atoms with van der Waals surface area (Å²) in [5, 5.41) is 11.5. The van der Waals surface area contributed by atoms with Gasteiger partial charge in [0.25, 0.3) is 0 Å². The Morgan fingerprint density at radius 1 is 1.05 bits per heavy atom. The number of aromatic carboxylic acids is 1. The second-order valence-corrected chi connectivity index (χ2v) is 4.03. The smallest absolute Gasteiger partial charge is 0.347 e. The Kier molecular flexibility index (Phi) is 6.62. The molecule has 22 heavy (non-hydrogen) atoms. The Balaban J connectivity index is 2.89. The molecule has 7 heteroatoms. The van der Waals surface area contributed by atoms with Gasteiger partial charge in [-0.2, -0.15) is 0 Å². The standard InChI is InChI=1S/C15H17NO6/c1-3-21-14(19)12(15(20)22-4-2)9-16-11-7-5-10(6-8-11)13(17)18/h5-9,16H,3-4H2,1-2H3,(H,17,18). The highest BCUT2D eigenvalue weighted by Crippen LogP contribution is 2.11. The Hall–Kier alpha value is -2.83. The SMILES string of the molecule is CCOC(=O)C(=CNc1ccc(C(=O)O)cc1)C(=O)OCC. The molecule has 0 aliphatic heterocycles. The normalized spacial score (nSPS) is 9.55. The van der Waals surface area contributed by atoms with E-state index in [2.05, 4.69) is 5.32 Å². The van der Waals surface area contributed by atoms with Crippen molar-refractivity contribution >= 4 is 23.6 Å². The zero-order valence-corrected chi connectivity index (χ0v) is 12.3. The number of carboxylic acids is 1. The van der Waals surface area contributed by atoms with Crippen molar-refractivity contribution in [2.75, 3.05) is 18.5 Å². The van der Waals surface area contributed by atoms with Crippen molar-refractivity contribution in [2.45, 2.75) is 13.8 Å². The van der Waals surface area contributed by atoms with Crippen molar-refractivity contribution in [1.82, 2.24) is 0 Å². The average molecular weight is 307 g/mol. The summed E-state index contributed by atoms with van der Waals surface area (Å²) in [7, 11) is 0. The van der Waals surface area contributed by atoms with E-state index < -0.39 is 17.9 Å². The van der Waals surface area contributed by atoms with Crippen molar-refractivity contribution in [3.63, 3.8) is 0 Å². The number of rotatable bonds is 7. The third-order valence-electron chi connectivity index (χ3n) is 2.51. The van der Waals surface area contributed by atoms with Crippen LogP contribution in [-0.2, 0) is 19.1 Å². The number of hydrogen-bond donors (Lipinski definition) is 2. The third kappa shape index (κ3) is 4.93. The Labute approximate surface area is 127 Å². The summed E-state index contributed by atoms with van der Waals surface area (Å²) in [5.74, 6) is -2.63. The first-order valence-electron chi connectivity index (χ1n) is 6.63. The molecular formula is C15H17NO6. The number of carbonyl (C=O) groups is 3. The fourth-order valence-electron chi connectivity index (χ4n) is 1.48. The van der Waals surface area contributed by atoms with Gasteiger partial charge < -0.3 is 19.9 Å². The zero-order chi connectivity index (χ0) is 16.5. The largest absolute Gasteiger partial charge is 0.478 e. The summed E-state index contributed by atoms with van der Waals surface area (Å²) in [6, 6.07) is 5.81. The lowest BCUT2D eigenvalue weighted by molar-refractivity contribution is -0.146. The van der Waals surface area contributed by atoms with Crippen LogP contribution < -0.4 is 5.32 Å². The van der Waals surface area contributed by atoms with Crippen molar-refractivity contribution < 1.29 is 29.0 Å². The number of carboxylic acid groups (broad SMARTS) is 1. The van der Waals surface area contributed by atoms with Gasteiger partial charge in [0.15, 0.2) is 5.57 Å². The molecule has 7 nitrogen and oxygen atoms in total. The van der Waals surface area contributed by atoms with Crippen LogP contribution in [0.5, 0.6) is 0 Å². The number of nitrogens with one attached hydrogen (secondary N) is 1. The van der Waals surface area contributed by atoms with E-state index in [0.717, 1.165) is 0 Å². The van der Waals surface area contributed by atoms with Crippen LogP contribution in [0.25, 0.3) is 0 Å². The lowest BCUT2D eigenvalue weighted by atomic mass is 10.2. The molecule has 0 aliphatic rings. The molecule has 0 saturated heterocycles. The van der Waals surface area contributed by atoms with Gasteiger partial charge in [-0.3, -0.25) is 0 Å². The first-order valence-corrected chi connectivity index (χ1v) is 6.63. The van der Waals surface area contributed by atoms with Gasteiger partial charge >= 0.3 is 17.9 Å². The third-order valence-corrected chi connectivity index (χ3v) is 2.51. The lowest BCUT2D eigenvalue weighted by Gasteiger charge is -2.07. The summed E-state index contributed by atoms with van der Waals surface area (Å²) in [6.07, 6.45) is 1.17. The quantitative estimate of drug-likeness (QED) is 0.343.